The van der Waals surface area contributed by atoms with Crippen LogP contribution < -0.4 is 16.6 Å². The van der Waals surface area contributed by atoms with Crippen molar-refractivity contribution in [2.45, 2.75) is 51.9 Å². The normalized spacial score (nSPS) is 17.8. The maximum Gasteiger partial charge on any atom is 0.255 e. The molecule has 0 spiro atoms. The molecule has 1 heterocycles. The smallest absolute Gasteiger partial charge is 0.255 e. The zero-order chi connectivity index (χ0) is 14.4. The SMILES string of the molecule is CC1CCc2nc(NCCCCCCN)[nH]c(=O)c2C1. The van der Waals surface area contributed by atoms with Gasteiger partial charge in [-0.2, -0.15) is 0 Å². The van der Waals surface area contributed by atoms with E-state index in [-0.39, 0.29) is 5.56 Å². The Morgan fingerprint density at radius 2 is 2.15 bits per heavy atom. The Balaban J connectivity index is 1.87. The van der Waals surface area contributed by atoms with Crippen LogP contribution in [0.2, 0.25) is 0 Å². The first-order valence-electron chi connectivity index (χ1n) is 7.76. The number of nitrogens with zero attached hydrogens (tertiary/aromatic N) is 1. The Bertz CT molecular complexity index is 483. The van der Waals surface area contributed by atoms with E-state index >= 15 is 0 Å². The molecular formula is C15H26N4O. The minimum atomic E-state index is 0.0344. The fourth-order valence-electron chi connectivity index (χ4n) is 2.71. The van der Waals surface area contributed by atoms with E-state index < -0.39 is 0 Å². The molecule has 4 N–H and O–H groups in total. The van der Waals surface area contributed by atoms with Gasteiger partial charge < -0.3 is 11.1 Å². The van der Waals surface area contributed by atoms with E-state index in [2.05, 4.69) is 22.2 Å². The van der Waals surface area contributed by atoms with Crippen LogP contribution in [-0.4, -0.2) is 23.1 Å². The number of aryl methyl sites for hydroxylation is 1. The lowest BCUT2D eigenvalue weighted by Crippen LogP contribution is -2.26. The number of aromatic nitrogens is 2. The van der Waals surface area contributed by atoms with Gasteiger partial charge in [-0.3, -0.25) is 9.78 Å². The minimum Gasteiger partial charge on any atom is -0.356 e. The highest BCUT2D eigenvalue weighted by Gasteiger charge is 2.19. The first kappa shape index (κ1) is 15.0. The lowest BCUT2D eigenvalue weighted by molar-refractivity contribution is 0.489. The molecule has 5 heteroatoms. The first-order chi connectivity index (χ1) is 9.70. The second-order valence-corrected chi connectivity index (χ2v) is 5.82. The van der Waals surface area contributed by atoms with Gasteiger partial charge in [0, 0.05) is 12.1 Å². The minimum absolute atomic E-state index is 0.0344. The highest BCUT2D eigenvalue weighted by atomic mass is 16.1. The van der Waals surface area contributed by atoms with Gasteiger partial charge in [-0.25, -0.2) is 4.98 Å². The molecule has 1 atom stereocenters. The van der Waals surface area contributed by atoms with Crippen LogP contribution in [0.25, 0.3) is 0 Å². The molecule has 1 aromatic rings. The fraction of sp³-hybridized carbons (Fsp3) is 0.733. The molecule has 0 radical (unpaired) electrons. The van der Waals surface area contributed by atoms with Crippen LogP contribution in [0.1, 0.15) is 50.3 Å². The Labute approximate surface area is 120 Å². The van der Waals surface area contributed by atoms with Crippen molar-refractivity contribution in [1.82, 2.24) is 9.97 Å². The molecule has 0 fully saturated rings. The molecule has 0 saturated heterocycles. The van der Waals surface area contributed by atoms with Gasteiger partial charge in [0.05, 0.1) is 5.69 Å². The molecule has 1 aromatic heterocycles. The largest absolute Gasteiger partial charge is 0.356 e. The third-order valence-electron chi connectivity index (χ3n) is 3.95. The molecule has 0 amide bonds. The number of nitrogens with one attached hydrogen (secondary N) is 2. The maximum absolute atomic E-state index is 12.1. The van der Waals surface area contributed by atoms with Crippen molar-refractivity contribution in [2.24, 2.45) is 11.7 Å². The second-order valence-electron chi connectivity index (χ2n) is 5.82. The molecule has 0 bridgehead atoms. The number of rotatable bonds is 7. The third kappa shape index (κ3) is 4.07. The van der Waals surface area contributed by atoms with Crippen molar-refractivity contribution in [1.29, 1.82) is 0 Å². The predicted molar refractivity (Wildman–Crippen MR) is 82.1 cm³/mol. The van der Waals surface area contributed by atoms with E-state index in [0.717, 1.165) is 62.9 Å². The third-order valence-corrected chi connectivity index (χ3v) is 3.95. The van der Waals surface area contributed by atoms with Crippen LogP contribution in [-0.2, 0) is 12.8 Å². The summed E-state index contributed by atoms with van der Waals surface area (Å²) in [6.45, 7) is 3.81. The highest BCUT2D eigenvalue weighted by Crippen LogP contribution is 2.21. The Morgan fingerprint density at radius 3 is 2.95 bits per heavy atom. The van der Waals surface area contributed by atoms with Gasteiger partial charge in [-0.1, -0.05) is 19.8 Å². The highest BCUT2D eigenvalue weighted by molar-refractivity contribution is 5.31. The van der Waals surface area contributed by atoms with Crippen molar-refractivity contribution >= 4 is 5.95 Å². The van der Waals surface area contributed by atoms with Crippen LogP contribution in [0.5, 0.6) is 0 Å². The van der Waals surface area contributed by atoms with Gasteiger partial charge in [0.2, 0.25) is 5.95 Å². The second kappa shape index (κ2) is 7.43. The summed E-state index contributed by atoms with van der Waals surface area (Å²) >= 11 is 0. The van der Waals surface area contributed by atoms with Gasteiger partial charge in [-0.05, 0) is 44.6 Å². The van der Waals surface area contributed by atoms with Gasteiger partial charge in [0.25, 0.3) is 5.56 Å². The van der Waals surface area contributed by atoms with E-state index in [9.17, 15) is 4.79 Å². The quantitative estimate of drug-likeness (QED) is 0.664. The number of H-pyrrole nitrogens is 1. The van der Waals surface area contributed by atoms with Gasteiger partial charge in [0.1, 0.15) is 0 Å². The van der Waals surface area contributed by atoms with E-state index in [4.69, 9.17) is 5.73 Å². The molecule has 112 valence electrons. The summed E-state index contributed by atoms with van der Waals surface area (Å²) in [4.78, 5) is 19.5. The summed E-state index contributed by atoms with van der Waals surface area (Å²) < 4.78 is 0. The standard InChI is InChI=1S/C15H26N4O/c1-11-6-7-13-12(10-11)14(20)19-15(18-13)17-9-5-3-2-4-8-16/h11H,2-10,16H2,1H3,(H2,17,18,19,20). The van der Waals surface area contributed by atoms with Crippen molar-refractivity contribution in [3.8, 4) is 0 Å². The van der Waals surface area contributed by atoms with Crippen LogP contribution in [0.4, 0.5) is 5.95 Å². The summed E-state index contributed by atoms with van der Waals surface area (Å²) in [5.41, 5.74) is 7.36. The number of aromatic amines is 1. The van der Waals surface area contributed by atoms with Crippen molar-refractivity contribution in [3.05, 3.63) is 21.6 Å². The van der Waals surface area contributed by atoms with Gasteiger partial charge in [-0.15, -0.1) is 0 Å². The van der Waals surface area contributed by atoms with Gasteiger partial charge >= 0.3 is 0 Å². The Hall–Kier alpha value is -1.36. The van der Waals surface area contributed by atoms with Crippen LogP contribution in [0.15, 0.2) is 4.79 Å². The summed E-state index contributed by atoms with van der Waals surface area (Å²) in [7, 11) is 0. The number of fused-ring (bicyclic) bond motifs is 1. The number of hydrogen-bond acceptors (Lipinski definition) is 4. The van der Waals surface area contributed by atoms with Crippen LogP contribution >= 0.6 is 0 Å². The van der Waals surface area contributed by atoms with E-state index in [0.29, 0.717) is 11.9 Å². The molecule has 0 aromatic carbocycles. The Morgan fingerprint density at radius 1 is 1.35 bits per heavy atom. The summed E-state index contributed by atoms with van der Waals surface area (Å²) in [6, 6.07) is 0. The number of hydrogen-bond donors (Lipinski definition) is 3. The summed E-state index contributed by atoms with van der Waals surface area (Å²) in [6.07, 6.45) is 7.41. The van der Waals surface area contributed by atoms with Gasteiger partial charge in [0.15, 0.2) is 0 Å². The average molecular weight is 278 g/mol. The monoisotopic (exact) mass is 278 g/mol. The predicted octanol–water partition coefficient (Wildman–Crippen LogP) is 1.83. The molecule has 1 unspecified atom stereocenters. The molecule has 0 aliphatic heterocycles. The number of nitrogens with two attached hydrogens (primary N) is 1. The lowest BCUT2D eigenvalue weighted by Gasteiger charge is -2.20. The fourth-order valence-corrected chi connectivity index (χ4v) is 2.71. The van der Waals surface area contributed by atoms with Crippen molar-refractivity contribution in [3.63, 3.8) is 0 Å². The molecule has 0 saturated carbocycles. The number of anilines is 1. The van der Waals surface area contributed by atoms with Crippen molar-refractivity contribution < 1.29 is 0 Å². The van der Waals surface area contributed by atoms with E-state index in [1.807, 2.05) is 0 Å². The molecule has 1 aliphatic carbocycles. The lowest BCUT2D eigenvalue weighted by atomic mass is 9.89. The van der Waals surface area contributed by atoms with Crippen molar-refractivity contribution in [2.75, 3.05) is 18.4 Å². The topological polar surface area (TPSA) is 83.8 Å². The van der Waals surface area contributed by atoms with E-state index in [1.165, 1.54) is 6.42 Å². The molecule has 5 nitrogen and oxygen atoms in total. The summed E-state index contributed by atoms with van der Waals surface area (Å²) in [5, 5.41) is 3.23. The molecular weight excluding hydrogens is 252 g/mol. The molecule has 20 heavy (non-hydrogen) atoms. The zero-order valence-corrected chi connectivity index (χ0v) is 12.4. The van der Waals surface area contributed by atoms with E-state index in [1.54, 1.807) is 0 Å². The summed E-state index contributed by atoms with van der Waals surface area (Å²) in [5.74, 6) is 1.22. The first-order valence-corrected chi connectivity index (χ1v) is 7.76. The molecule has 1 aliphatic rings. The zero-order valence-electron chi connectivity index (χ0n) is 12.4. The molecule has 2 rings (SSSR count). The number of unbranched alkanes of at least 4 members (excludes halogenated alkanes) is 3. The average Bonchev–Trinajstić information content (AvgIpc) is 2.43. The van der Waals surface area contributed by atoms with Crippen LogP contribution in [0.3, 0.4) is 0 Å². The Kier molecular flexibility index (Phi) is 5.59. The van der Waals surface area contributed by atoms with Crippen LogP contribution in [0, 0.1) is 5.92 Å². The maximum atomic E-state index is 12.1.